The highest BCUT2D eigenvalue weighted by molar-refractivity contribution is 9.11. The van der Waals surface area contributed by atoms with Gasteiger partial charge in [0.2, 0.25) is 0 Å². The maximum Gasteiger partial charge on any atom is 0.338 e. The molecule has 0 aliphatic heterocycles. The fourth-order valence-electron chi connectivity index (χ4n) is 0.762. The van der Waals surface area contributed by atoms with Crippen LogP contribution in [0.4, 0.5) is 8.78 Å². The molecule has 0 atom stereocenters. The van der Waals surface area contributed by atoms with Crippen molar-refractivity contribution in [1.29, 1.82) is 0 Å². The normalized spacial score (nSPS) is 10.2. The summed E-state index contributed by atoms with van der Waals surface area (Å²) in [5.74, 6) is -3.65. The molecule has 6 heteroatoms. The lowest BCUT2D eigenvalue weighted by Crippen LogP contribution is -2.02. The largest absolute Gasteiger partial charge is 0.478 e. The zero-order valence-electron chi connectivity index (χ0n) is 5.94. The lowest BCUT2D eigenvalue weighted by molar-refractivity contribution is 0.0694. The molecule has 13 heavy (non-hydrogen) atoms. The second-order valence-electron chi connectivity index (χ2n) is 2.15. The van der Waals surface area contributed by atoms with E-state index in [0.717, 1.165) is 6.07 Å². The van der Waals surface area contributed by atoms with E-state index in [9.17, 15) is 13.6 Å². The SMILES string of the molecule is O=C(O)c1c(Br)cc(F)c(F)c1Br. The molecule has 0 aliphatic carbocycles. The molecule has 1 aromatic rings. The van der Waals surface area contributed by atoms with Crippen molar-refractivity contribution in [3.8, 4) is 0 Å². The lowest BCUT2D eigenvalue weighted by Gasteiger charge is -2.03. The van der Waals surface area contributed by atoms with Crippen LogP contribution in [0.15, 0.2) is 15.0 Å². The van der Waals surface area contributed by atoms with Gasteiger partial charge in [-0.15, -0.1) is 0 Å². The minimum absolute atomic E-state index is 0.00854. The van der Waals surface area contributed by atoms with E-state index in [1.807, 2.05) is 0 Å². The average molecular weight is 316 g/mol. The highest BCUT2D eigenvalue weighted by Gasteiger charge is 2.19. The van der Waals surface area contributed by atoms with Crippen molar-refractivity contribution >= 4 is 37.8 Å². The molecule has 0 bridgehead atoms. The van der Waals surface area contributed by atoms with Gasteiger partial charge in [-0.1, -0.05) is 0 Å². The van der Waals surface area contributed by atoms with E-state index in [2.05, 4.69) is 31.9 Å². The van der Waals surface area contributed by atoms with Gasteiger partial charge in [-0.25, -0.2) is 13.6 Å². The molecule has 0 saturated carbocycles. The number of halogens is 4. The van der Waals surface area contributed by atoms with Crippen molar-refractivity contribution in [1.82, 2.24) is 0 Å². The van der Waals surface area contributed by atoms with Crippen molar-refractivity contribution < 1.29 is 18.7 Å². The van der Waals surface area contributed by atoms with Crippen LogP contribution in [0.25, 0.3) is 0 Å². The smallest absolute Gasteiger partial charge is 0.338 e. The summed E-state index contributed by atoms with van der Waals surface area (Å²) >= 11 is 5.47. The molecule has 0 spiro atoms. The number of carbonyl (C=O) groups is 1. The number of rotatable bonds is 1. The predicted molar refractivity (Wildman–Crippen MR) is 48.7 cm³/mol. The summed E-state index contributed by atoms with van der Waals surface area (Å²) < 4.78 is 25.1. The van der Waals surface area contributed by atoms with Crippen molar-refractivity contribution in [3.63, 3.8) is 0 Å². The van der Waals surface area contributed by atoms with Crippen LogP contribution < -0.4 is 0 Å². The van der Waals surface area contributed by atoms with Crippen LogP contribution >= 0.6 is 31.9 Å². The molecule has 0 amide bonds. The molecule has 1 aromatic carbocycles. The van der Waals surface area contributed by atoms with Crippen LogP contribution in [0.5, 0.6) is 0 Å². The second-order valence-corrected chi connectivity index (χ2v) is 3.80. The van der Waals surface area contributed by atoms with Crippen LogP contribution in [-0.2, 0) is 0 Å². The van der Waals surface area contributed by atoms with Crippen molar-refractivity contribution in [2.24, 2.45) is 0 Å². The van der Waals surface area contributed by atoms with E-state index in [0.29, 0.717) is 0 Å². The zero-order chi connectivity index (χ0) is 10.2. The molecule has 2 nitrogen and oxygen atoms in total. The molecule has 0 aromatic heterocycles. The summed E-state index contributed by atoms with van der Waals surface area (Å²) in [6.45, 7) is 0. The highest BCUT2D eigenvalue weighted by Crippen LogP contribution is 2.29. The standard InChI is InChI=1S/C7H2Br2F2O2/c8-2-1-3(10)6(11)5(9)4(2)7(12)13/h1H,(H,12,13). The quantitative estimate of drug-likeness (QED) is 0.638. The molecule has 0 aliphatic rings. The summed E-state index contributed by atoms with van der Waals surface area (Å²) in [6, 6.07) is 0.767. The third kappa shape index (κ3) is 1.88. The first-order chi connectivity index (χ1) is 5.95. The minimum Gasteiger partial charge on any atom is -0.478 e. The first-order valence-corrected chi connectivity index (χ1v) is 4.60. The first-order valence-electron chi connectivity index (χ1n) is 3.01. The molecule has 0 heterocycles. The molecule has 0 fully saturated rings. The Morgan fingerprint density at radius 3 is 2.38 bits per heavy atom. The zero-order valence-corrected chi connectivity index (χ0v) is 9.12. The number of carboxylic acid groups (broad SMARTS) is 1. The Balaban J connectivity index is 3.53. The number of carboxylic acids is 1. The number of aromatic carboxylic acids is 1. The molecular weight excluding hydrogens is 314 g/mol. The third-order valence-corrected chi connectivity index (χ3v) is 2.70. The van der Waals surface area contributed by atoms with Gasteiger partial charge in [0.25, 0.3) is 0 Å². The van der Waals surface area contributed by atoms with Gasteiger partial charge in [0.05, 0.1) is 10.0 Å². The highest BCUT2D eigenvalue weighted by atomic mass is 79.9. The van der Waals surface area contributed by atoms with E-state index in [4.69, 9.17) is 5.11 Å². The molecule has 70 valence electrons. The number of benzene rings is 1. The van der Waals surface area contributed by atoms with E-state index in [1.165, 1.54) is 0 Å². The van der Waals surface area contributed by atoms with Gasteiger partial charge < -0.3 is 5.11 Å². The monoisotopic (exact) mass is 314 g/mol. The van der Waals surface area contributed by atoms with E-state index < -0.39 is 22.1 Å². The Morgan fingerprint density at radius 2 is 1.92 bits per heavy atom. The average Bonchev–Trinajstić information content (AvgIpc) is 1.99. The predicted octanol–water partition coefficient (Wildman–Crippen LogP) is 3.19. The maximum atomic E-state index is 12.8. The fourth-order valence-corrected chi connectivity index (χ4v) is 2.17. The molecule has 1 rings (SSSR count). The summed E-state index contributed by atoms with van der Waals surface area (Å²) in [5, 5.41) is 8.61. The van der Waals surface area contributed by atoms with Crippen LogP contribution in [0, 0.1) is 11.6 Å². The number of hydrogen-bond donors (Lipinski definition) is 1. The fraction of sp³-hybridized carbons (Fsp3) is 0. The molecule has 0 radical (unpaired) electrons. The van der Waals surface area contributed by atoms with Gasteiger partial charge in [-0.3, -0.25) is 0 Å². The first kappa shape index (κ1) is 10.6. The Hall–Kier alpha value is -0.490. The molecular formula is C7H2Br2F2O2. The van der Waals surface area contributed by atoms with Gasteiger partial charge in [0.1, 0.15) is 0 Å². The van der Waals surface area contributed by atoms with Gasteiger partial charge in [0.15, 0.2) is 11.6 Å². The Bertz CT molecular complexity index is 379. The second kappa shape index (κ2) is 3.71. The number of hydrogen-bond acceptors (Lipinski definition) is 1. The summed E-state index contributed by atoms with van der Waals surface area (Å²) in [4.78, 5) is 10.6. The van der Waals surface area contributed by atoms with Crippen LogP contribution in [0.1, 0.15) is 10.4 Å². The summed E-state index contributed by atoms with van der Waals surface area (Å²) in [6.07, 6.45) is 0. The van der Waals surface area contributed by atoms with Gasteiger partial charge >= 0.3 is 5.97 Å². The Kier molecular flexibility index (Phi) is 3.02. The van der Waals surface area contributed by atoms with E-state index in [-0.39, 0.29) is 10.0 Å². The van der Waals surface area contributed by atoms with Crippen molar-refractivity contribution in [2.75, 3.05) is 0 Å². The molecule has 0 unspecified atom stereocenters. The molecule has 0 saturated heterocycles. The van der Waals surface area contributed by atoms with E-state index in [1.54, 1.807) is 0 Å². The summed E-state index contributed by atoms with van der Waals surface area (Å²) in [7, 11) is 0. The Labute approximate surface area is 88.8 Å². The van der Waals surface area contributed by atoms with Crippen LogP contribution in [-0.4, -0.2) is 11.1 Å². The maximum absolute atomic E-state index is 12.8. The van der Waals surface area contributed by atoms with Gasteiger partial charge in [-0.2, -0.15) is 0 Å². The van der Waals surface area contributed by atoms with Crippen molar-refractivity contribution in [3.05, 3.63) is 32.2 Å². The van der Waals surface area contributed by atoms with E-state index >= 15 is 0 Å². The lowest BCUT2D eigenvalue weighted by atomic mass is 10.2. The topological polar surface area (TPSA) is 37.3 Å². The van der Waals surface area contributed by atoms with Crippen LogP contribution in [0.3, 0.4) is 0 Å². The van der Waals surface area contributed by atoms with Crippen molar-refractivity contribution in [2.45, 2.75) is 0 Å². The van der Waals surface area contributed by atoms with Gasteiger partial charge in [-0.05, 0) is 37.9 Å². The van der Waals surface area contributed by atoms with Gasteiger partial charge in [0, 0.05) is 4.47 Å². The Morgan fingerprint density at radius 1 is 1.38 bits per heavy atom. The summed E-state index contributed by atoms with van der Waals surface area (Å²) in [5.41, 5.74) is -0.334. The van der Waals surface area contributed by atoms with Crippen LogP contribution in [0.2, 0.25) is 0 Å². The third-order valence-electron chi connectivity index (χ3n) is 1.33. The minimum atomic E-state index is -1.34. The molecule has 1 N–H and O–H groups in total.